The summed E-state index contributed by atoms with van der Waals surface area (Å²) < 4.78 is 18.7. The normalized spacial score (nSPS) is 18.3. The smallest absolute Gasteiger partial charge is 0.232 e. The monoisotopic (exact) mass is 351 g/mol. The molecule has 2 unspecified atom stereocenters. The molecule has 26 heavy (non-hydrogen) atoms. The van der Waals surface area contributed by atoms with Gasteiger partial charge in [0.1, 0.15) is 5.82 Å². The molecule has 5 nitrogen and oxygen atoms in total. The molecule has 2 atom stereocenters. The number of carbonyl (C=O) groups is 1. The third kappa shape index (κ3) is 3.10. The third-order valence-electron chi connectivity index (χ3n) is 4.78. The fraction of sp³-hybridized carbons (Fsp3) is 0.250. The first kappa shape index (κ1) is 16.4. The highest BCUT2D eigenvalue weighted by atomic mass is 19.1. The lowest BCUT2D eigenvalue weighted by Gasteiger charge is -2.24. The number of halogens is 1. The molecule has 0 radical (unpaired) electrons. The molecule has 1 amide bonds. The van der Waals surface area contributed by atoms with Crippen molar-refractivity contribution in [1.29, 1.82) is 0 Å². The molecule has 132 valence electrons. The van der Waals surface area contributed by atoms with Crippen molar-refractivity contribution in [1.82, 2.24) is 15.0 Å². The zero-order valence-corrected chi connectivity index (χ0v) is 14.3. The van der Waals surface area contributed by atoms with E-state index in [0.717, 1.165) is 5.56 Å². The van der Waals surface area contributed by atoms with Gasteiger partial charge in [0.05, 0.1) is 12.0 Å². The van der Waals surface area contributed by atoms with Gasteiger partial charge in [-0.25, -0.2) is 4.39 Å². The Morgan fingerprint density at radius 2 is 2.00 bits per heavy atom. The third-order valence-corrected chi connectivity index (χ3v) is 4.78. The Morgan fingerprint density at radius 3 is 2.77 bits per heavy atom. The molecule has 0 spiro atoms. The minimum absolute atomic E-state index is 0.0145. The molecule has 3 aromatic rings. The zero-order valence-electron chi connectivity index (χ0n) is 14.3. The summed E-state index contributed by atoms with van der Waals surface area (Å²) >= 11 is 0. The molecule has 1 aliphatic rings. The van der Waals surface area contributed by atoms with E-state index in [0.29, 0.717) is 30.2 Å². The van der Waals surface area contributed by atoms with Crippen LogP contribution in [0.4, 0.5) is 4.39 Å². The van der Waals surface area contributed by atoms with Gasteiger partial charge in [0.2, 0.25) is 17.6 Å². The van der Waals surface area contributed by atoms with Crippen LogP contribution in [0, 0.1) is 5.82 Å². The van der Waals surface area contributed by atoms with Crippen molar-refractivity contribution in [2.45, 2.75) is 25.3 Å². The number of amides is 1. The van der Waals surface area contributed by atoms with Crippen molar-refractivity contribution in [2.75, 3.05) is 6.54 Å². The van der Waals surface area contributed by atoms with Gasteiger partial charge in [-0.15, -0.1) is 0 Å². The van der Waals surface area contributed by atoms with Crippen LogP contribution in [-0.4, -0.2) is 27.5 Å². The van der Waals surface area contributed by atoms with Crippen molar-refractivity contribution in [3.8, 4) is 11.4 Å². The van der Waals surface area contributed by atoms with Gasteiger partial charge in [-0.05, 0) is 24.6 Å². The van der Waals surface area contributed by atoms with Gasteiger partial charge in [0, 0.05) is 18.5 Å². The van der Waals surface area contributed by atoms with E-state index in [2.05, 4.69) is 10.1 Å². The fourth-order valence-electron chi connectivity index (χ4n) is 3.33. The lowest BCUT2D eigenvalue weighted by molar-refractivity contribution is -0.129. The molecule has 1 fully saturated rings. The van der Waals surface area contributed by atoms with Crippen LogP contribution in [0.15, 0.2) is 59.1 Å². The number of nitrogens with zero attached hydrogens (tertiary/aromatic N) is 3. The Morgan fingerprint density at radius 1 is 1.19 bits per heavy atom. The van der Waals surface area contributed by atoms with Gasteiger partial charge in [0.15, 0.2) is 0 Å². The Hall–Kier alpha value is -3.02. The summed E-state index contributed by atoms with van der Waals surface area (Å²) in [5.41, 5.74) is 1.64. The molecule has 0 aliphatic carbocycles. The number of rotatable bonds is 4. The molecular formula is C20H18FN3O2. The van der Waals surface area contributed by atoms with E-state index < -0.39 is 0 Å². The minimum atomic E-state index is -0.354. The van der Waals surface area contributed by atoms with E-state index >= 15 is 0 Å². The van der Waals surface area contributed by atoms with E-state index in [9.17, 15) is 9.18 Å². The highest BCUT2D eigenvalue weighted by Crippen LogP contribution is 2.33. The molecule has 2 aromatic carbocycles. The molecule has 0 N–H and O–H groups in total. The summed E-state index contributed by atoms with van der Waals surface area (Å²) in [4.78, 5) is 18.7. The molecule has 6 heteroatoms. The van der Waals surface area contributed by atoms with Crippen LogP contribution < -0.4 is 0 Å². The van der Waals surface area contributed by atoms with Crippen molar-refractivity contribution in [3.05, 3.63) is 71.9 Å². The van der Waals surface area contributed by atoms with E-state index in [4.69, 9.17) is 4.52 Å². The molecule has 1 aromatic heterocycles. The Kier molecular flexibility index (Phi) is 4.24. The summed E-state index contributed by atoms with van der Waals surface area (Å²) in [6.45, 7) is 2.54. The lowest BCUT2D eigenvalue weighted by atomic mass is 10.1. The second-order valence-corrected chi connectivity index (χ2v) is 6.50. The first-order valence-electron chi connectivity index (χ1n) is 8.56. The van der Waals surface area contributed by atoms with Gasteiger partial charge in [0.25, 0.3) is 0 Å². The largest absolute Gasteiger partial charge is 0.339 e. The second kappa shape index (κ2) is 6.71. The second-order valence-electron chi connectivity index (χ2n) is 6.50. The minimum Gasteiger partial charge on any atom is -0.339 e. The van der Waals surface area contributed by atoms with Crippen LogP contribution >= 0.6 is 0 Å². The average molecular weight is 351 g/mol. The maximum Gasteiger partial charge on any atom is 0.232 e. The predicted molar refractivity (Wildman–Crippen MR) is 93.6 cm³/mol. The molecule has 1 aliphatic heterocycles. The quantitative estimate of drug-likeness (QED) is 0.714. The number of benzene rings is 2. The molecular weight excluding hydrogens is 333 g/mol. The van der Waals surface area contributed by atoms with Crippen LogP contribution in [0.25, 0.3) is 11.4 Å². The zero-order chi connectivity index (χ0) is 18.1. The molecule has 2 heterocycles. The van der Waals surface area contributed by atoms with Gasteiger partial charge in [-0.1, -0.05) is 47.6 Å². The average Bonchev–Trinajstić information content (AvgIpc) is 3.29. The fourth-order valence-corrected chi connectivity index (χ4v) is 3.33. The van der Waals surface area contributed by atoms with E-state index in [1.165, 1.54) is 12.1 Å². The molecule has 0 bridgehead atoms. The van der Waals surface area contributed by atoms with Gasteiger partial charge in [-0.2, -0.15) is 4.98 Å². The van der Waals surface area contributed by atoms with Crippen molar-refractivity contribution < 1.29 is 13.7 Å². The Bertz CT molecular complexity index is 926. The van der Waals surface area contributed by atoms with Crippen LogP contribution in [0.3, 0.4) is 0 Å². The standard InChI is InChI=1S/C20H18FN3O2/c1-13(14-6-3-2-4-7-14)24-12-16(11-18(24)25)20-22-19(23-26-20)15-8-5-9-17(21)10-15/h2-10,13,16H,11-12H2,1H3. The van der Waals surface area contributed by atoms with Gasteiger partial charge in [-0.3, -0.25) is 4.79 Å². The maximum absolute atomic E-state index is 13.4. The van der Waals surface area contributed by atoms with E-state index in [-0.39, 0.29) is 23.7 Å². The highest BCUT2D eigenvalue weighted by molar-refractivity contribution is 5.80. The Labute approximate surface area is 150 Å². The summed E-state index contributed by atoms with van der Waals surface area (Å²) in [5.74, 6) is 0.315. The van der Waals surface area contributed by atoms with Crippen LogP contribution in [0.1, 0.15) is 36.8 Å². The SMILES string of the molecule is CC(c1ccccc1)N1CC(c2nc(-c3cccc(F)c3)no2)CC1=O. The van der Waals surface area contributed by atoms with E-state index in [1.807, 2.05) is 42.2 Å². The summed E-state index contributed by atoms with van der Waals surface area (Å²) in [7, 11) is 0. The van der Waals surface area contributed by atoms with Crippen LogP contribution in [0.2, 0.25) is 0 Å². The lowest BCUT2D eigenvalue weighted by Crippen LogP contribution is -2.28. The highest BCUT2D eigenvalue weighted by Gasteiger charge is 2.37. The van der Waals surface area contributed by atoms with Crippen molar-refractivity contribution in [2.24, 2.45) is 0 Å². The van der Waals surface area contributed by atoms with E-state index in [1.54, 1.807) is 12.1 Å². The molecule has 0 saturated carbocycles. The van der Waals surface area contributed by atoms with Gasteiger partial charge >= 0.3 is 0 Å². The van der Waals surface area contributed by atoms with Crippen LogP contribution in [-0.2, 0) is 4.79 Å². The van der Waals surface area contributed by atoms with Crippen molar-refractivity contribution >= 4 is 5.91 Å². The maximum atomic E-state index is 13.4. The number of aromatic nitrogens is 2. The van der Waals surface area contributed by atoms with Crippen molar-refractivity contribution in [3.63, 3.8) is 0 Å². The number of carbonyl (C=O) groups excluding carboxylic acids is 1. The first-order valence-corrected chi connectivity index (χ1v) is 8.56. The first-order chi connectivity index (χ1) is 12.6. The molecule has 4 rings (SSSR count). The number of likely N-dealkylation sites (tertiary alicyclic amines) is 1. The summed E-state index contributed by atoms with van der Waals surface area (Å²) in [5, 5.41) is 3.94. The topological polar surface area (TPSA) is 59.2 Å². The summed E-state index contributed by atoms with van der Waals surface area (Å²) in [6, 6.07) is 15.9. The Balaban J connectivity index is 1.52. The number of hydrogen-bond acceptors (Lipinski definition) is 4. The van der Waals surface area contributed by atoms with Gasteiger partial charge < -0.3 is 9.42 Å². The summed E-state index contributed by atoms with van der Waals surface area (Å²) in [6.07, 6.45) is 0.335. The predicted octanol–water partition coefficient (Wildman–Crippen LogP) is 3.95. The number of hydrogen-bond donors (Lipinski definition) is 0. The molecule has 1 saturated heterocycles. The van der Waals surface area contributed by atoms with Crippen LogP contribution in [0.5, 0.6) is 0 Å².